The number of H-pyrrole nitrogens is 1. The van der Waals surface area contributed by atoms with Crippen LogP contribution in [0.4, 0.5) is 0 Å². The molecule has 0 aliphatic rings. The van der Waals surface area contributed by atoms with Crippen molar-refractivity contribution < 1.29 is 14.3 Å². The Balaban J connectivity index is 1.81. The molecule has 0 bridgehead atoms. The van der Waals surface area contributed by atoms with E-state index in [1.54, 1.807) is 12.4 Å². The highest BCUT2D eigenvalue weighted by Crippen LogP contribution is 2.26. The van der Waals surface area contributed by atoms with Gasteiger partial charge in [-0.25, -0.2) is 4.98 Å². The van der Waals surface area contributed by atoms with Gasteiger partial charge >= 0.3 is 0 Å². The summed E-state index contributed by atoms with van der Waals surface area (Å²) in [4.78, 5) is 19.9. The molecule has 2 N–H and O–H groups in total. The van der Waals surface area contributed by atoms with Crippen LogP contribution in [0.2, 0.25) is 5.02 Å². The number of aromatic nitrogens is 4. The molecule has 3 aromatic rings. The molecule has 0 fully saturated rings. The van der Waals surface area contributed by atoms with Crippen molar-refractivity contribution in [1.29, 1.82) is 0 Å². The predicted molar refractivity (Wildman–Crippen MR) is 82.1 cm³/mol. The van der Waals surface area contributed by atoms with Crippen molar-refractivity contribution >= 4 is 23.1 Å². The van der Waals surface area contributed by atoms with Crippen molar-refractivity contribution in [2.75, 3.05) is 0 Å². The lowest BCUT2D eigenvalue weighted by molar-refractivity contribution is 0.104. The van der Waals surface area contributed by atoms with Crippen LogP contribution in [0.5, 0.6) is 0 Å². The third-order valence-corrected chi connectivity index (χ3v) is 3.51. The number of allylic oxidation sites excluding steroid dienone is 1. The molecule has 116 valence electrons. The highest BCUT2D eigenvalue weighted by atomic mass is 35.5. The number of rotatable bonds is 5. The molecule has 0 radical (unpaired) electrons. The van der Waals surface area contributed by atoms with Gasteiger partial charge in [0.1, 0.15) is 18.4 Å². The number of hydrogen-bond acceptors (Lipinski definition) is 6. The van der Waals surface area contributed by atoms with Gasteiger partial charge in [0, 0.05) is 24.9 Å². The Morgan fingerprint density at radius 1 is 1.39 bits per heavy atom. The first-order valence-electron chi connectivity index (χ1n) is 6.61. The van der Waals surface area contributed by atoms with Gasteiger partial charge in [-0.15, -0.1) is 0 Å². The lowest BCUT2D eigenvalue weighted by atomic mass is 10.1. The smallest absolute Gasteiger partial charge is 0.215 e. The highest BCUT2D eigenvalue weighted by Gasteiger charge is 2.18. The Labute approximate surface area is 135 Å². The molecule has 3 rings (SSSR count). The molecular weight excluding hydrogens is 320 g/mol. The summed E-state index contributed by atoms with van der Waals surface area (Å²) in [5.74, 6) is -0.367. The highest BCUT2D eigenvalue weighted by molar-refractivity contribution is 6.35. The summed E-state index contributed by atoms with van der Waals surface area (Å²) in [5, 5.41) is 16.1. The summed E-state index contributed by atoms with van der Waals surface area (Å²) in [6.45, 7) is 0. The second-order valence-electron chi connectivity index (χ2n) is 4.64. The van der Waals surface area contributed by atoms with Crippen molar-refractivity contribution in [3.8, 4) is 0 Å². The summed E-state index contributed by atoms with van der Waals surface area (Å²) in [6, 6.07) is 3.66. The summed E-state index contributed by atoms with van der Waals surface area (Å²) in [5.41, 5.74) is 1.12. The molecule has 0 unspecified atom stereocenters. The summed E-state index contributed by atoms with van der Waals surface area (Å²) >= 11 is 6.20. The first-order chi connectivity index (χ1) is 11.1. The van der Waals surface area contributed by atoms with Crippen molar-refractivity contribution in [1.82, 2.24) is 20.2 Å². The monoisotopic (exact) mass is 330 g/mol. The van der Waals surface area contributed by atoms with E-state index in [9.17, 15) is 9.90 Å². The van der Waals surface area contributed by atoms with E-state index in [-0.39, 0.29) is 22.2 Å². The van der Waals surface area contributed by atoms with E-state index in [2.05, 4.69) is 20.2 Å². The number of carbonyl (C=O) groups is 1. The molecule has 0 aromatic carbocycles. The normalized spacial score (nSPS) is 11.6. The van der Waals surface area contributed by atoms with Gasteiger partial charge in [0.25, 0.3) is 0 Å². The van der Waals surface area contributed by atoms with Gasteiger partial charge in [0.15, 0.2) is 11.5 Å². The van der Waals surface area contributed by atoms with Crippen LogP contribution in [0.25, 0.3) is 5.76 Å². The minimum Gasteiger partial charge on any atom is -0.504 e. The number of pyridine rings is 1. The van der Waals surface area contributed by atoms with Crippen LogP contribution in [0, 0.1) is 0 Å². The Bertz CT molecular complexity index is 841. The van der Waals surface area contributed by atoms with Gasteiger partial charge in [-0.2, -0.15) is 5.10 Å². The van der Waals surface area contributed by atoms with Crippen molar-refractivity contribution in [2.45, 2.75) is 6.42 Å². The molecule has 8 heteroatoms. The number of furan rings is 1. The van der Waals surface area contributed by atoms with E-state index in [0.717, 1.165) is 11.6 Å². The largest absolute Gasteiger partial charge is 0.504 e. The number of aliphatic hydroxyl groups is 1. The van der Waals surface area contributed by atoms with Crippen LogP contribution in [0.1, 0.15) is 27.5 Å². The minimum absolute atomic E-state index is 0.0231. The maximum absolute atomic E-state index is 12.2. The number of nitrogens with one attached hydrogen (secondary N) is 1. The average molecular weight is 331 g/mol. The molecule has 7 nitrogen and oxygen atoms in total. The Hall–Kier alpha value is -2.93. The second kappa shape index (κ2) is 6.45. The quantitative estimate of drug-likeness (QED) is 0.423. The molecule has 0 saturated carbocycles. The molecule has 0 saturated heterocycles. The number of halogens is 1. The van der Waals surface area contributed by atoms with E-state index < -0.39 is 5.78 Å². The van der Waals surface area contributed by atoms with E-state index >= 15 is 0 Å². The van der Waals surface area contributed by atoms with Crippen LogP contribution in [-0.4, -0.2) is 31.1 Å². The molecule has 3 aromatic heterocycles. The Morgan fingerprint density at radius 3 is 2.87 bits per heavy atom. The van der Waals surface area contributed by atoms with Crippen LogP contribution in [0.15, 0.2) is 47.6 Å². The molecule has 0 amide bonds. The second-order valence-corrected chi connectivity index (χ2v) is 5.01. The predicted octanol–water partition coefficient (Wildman–Crippen LogP) is 2.82. The number of aromatic amines is 1. The van der Waals surface area contributed by atoms with Gasteiger partial charge < -0.3 is 9.52 Å². The van der Waals surface area contributed by atoms with Crippen LogP contribution >= 0.6 is 11.6 Å². The number of ketones is 1. The van der Waals surface area contributed by atoms with E-state index in [0.29, 0.717) is 12.2 Å². The van der Waals surface area contributed by atoms with Crippen molar-refractivity contribution in [3.05, 3.63) is 70.9 Å². The SMILES string of the molecule is O=C(C=C(O)c1nc[nH]n1)c1coc(Cc2ccncc2)c1Cl. The van der Waals surface area contributed by atoms with Gasteiger partial charge in [-0.05, 0) is 17.7 Å². The maximum atomic E-state index is 12.2. The third-order valence-electron chi connectivity index (χ3n) is 3.09. The number of hydrogen-bond donors (Lipinski definition) is 2. The Morgan fingerprint density at radius 2 is 2.17 bits per heavy atom. The third kappa shape index (κ3) is 3.29. The molecule has 0 spiro atoms. The molecule has 23 heavy (non-hydrogen) atoms. The fraction of sp³-hybridized carbons (Fsp3) is 0.0667. The first-order valence-corrected chi connectivity index (χ1v) is 6.99. The van der Waals surface area contributed by atoms with E-state index in [4.69, 9.17) is 16.0 Å². The fourth-order valence-corrected chi connectivity index (χ4v) is 2.20. The fourth-order valence-electron chi connectivity index (χ4n) is 1.95. The number of nitrogens with zero attached hydrogens (tertiary/aromatic N) is 3. The molecule has 0 atom stereocenters. The van der Waals surface area contributed by atoms with Crippen LogP contribution in [0.3, 0.4) is 0 Å². The standard InChI is InChI=1S/C15H11ClN4O3/c16-14-10(11(21)6-12(22)15-18-8-19-20-15)7-23-13(14)5-9-1-3-17-4-2-9/h1-4,6-8,22H,5H2,(H,18,19,20). The van der Waals surface area contributed by atoms with Crippen LogP contribution < -0.4 is 0 Å². The van der Waals surface area contributed by atoms with Gasteiger partial charge in [-0.1, -0.05) is 11.6 Å². The summed E-state index contributed by atoms with van der Waals surface area (Å²) in [7, 11) is 0. The average Bonchev–Trinajstić information content (AvgIpc) is 3.19. The van der Waals surface area contributed by atoms with Gasteiger partial charge in [0.2, 0.25) is 5.82 Å². The number of carbonyl (C=O) groups excluding carboxylic acids is 1. The van der Waals surface area contributed by atoms with E-state index in [1.165, 1.54) is 12.6 Å². The van der Waals surface area contributed by atoms with E-state index in [1.807, 2.05) is 12.1 Å². The summed E-state index contributed by atoms with van der Waals surface area (Å²) in [6.07, 6.45) is 7.32. The molecule has 0 aliphatic carbocycles. The molecular formula is C15H11ClN4O3. The first kappa shape index (κ1) is 15.0. The van der Waals surface area contributed by atoms with Gasteiger partial charge in [-0.3, -0.25) is 14.9 Å². The minimum atomic E-state index is -0.498. The summed E-state index contributed by atoms with van der Waals surface area (Å²) < 4.78 is 5.37. The lowest BCUT2D eigenvalue weighted by Crippen LogP contribution is -1.97. The maximum Gasteiger partial charge on any atom is 0.215 e. The molecule has 0 aliphatic heterocycles. The van der Waals surface area contributed by atoms with Gasteiger partial charge in [0.05, 0.1) is 10.6 Å². The zero-order chi connectivity index (χ0) is 16.2. The molecule has 3 heterocycles. The zero-order valence-electron chi connectivity index (χ0n) is 11.7. The topological polar surface area (TPSA) is 105 Å². The van der Waals surface area contributed by atoms with Crippen molar-refractivity contribution in [3.63, 3.8) is 0 Å². The van der Waals surface area contributed by atoms with Crippen LogP contribution in [-0.2, 0) is 6.42 Å². The lowest BCUT2D eigenvalue weighted by Gasteiger charge is -1.98. The van der Waals surface area contributed by atoms with Crippen molar-refractivity contribution in [2.24, 2.45) is 0 Å². The number of aliphatic hydroxyl groups excluding tert-OH is 1. The Kier molecular flexibility index (Phi) is 4.20. The zero-order valence-corrected chi connectivity index (χ0v) is 12.5.